The van der Waals surface area contributed by atoms with Gasteiger partial charge < -0.3 is 9.73 Å². The number of nitro benzene ring substituents is 1. The molecule has 0 saturated carbocycles. The lowest BCUT2D eigenvalue weighted by Gasteiger charge is -2.07. The van der Waals surface area contributed by atoms with E-state index in [0.29, 0.717) is 24.3 Å². The van der Waals surface area contributed by atoms with E-state index in [1.807, 2.05) is 12.1 Å². The van der Waals surface area contributed by atoms with Crippen LogP contribution >= 0.6 is 0 Å². The molecule has 1 N–H and O–H groups in total. The number of pyridine rings is 1. The van der Waals surface area contributed by atoms with E-state index in [-0.39, 0.29) is 30.1 Å². The first-order valence-corrected chi connectivity index (χ1v) is 9.51. The van der Waals surface area contributed by atoms with Crippen molar-refractivity contribution in [1.82, 2.24) is 24.6 Å². The van der Waals surface area contributed by atoms with Gasteiger partial charge in [-0.05, 0) is 36.2 Å². The fraction of sp³-hybridized carbons (Fsp3) is 0.200. The number of nitrogens with one attached hydrogen (secondary N) is 1. The van der Waals surface area contributed by atoms with E-state index in [1.54, 1.807) is 29.3 Å². The average molecular weight is 422 g/mol. The lowest BCUT2D eigenvalue weighted by molar-refractivity contribution is -0.384. The zero-order valence-electron chi connectivity index (χ0n) is 16.3. The number of amides is 1. The van der Waals surface area contributed by atoms with Gasteiger partial charge in [0.1, 0.15) is 0 Å². The Morgan fingerprint density at radius 2 is 2.10 bits per heavy atom. The molecule has 0 aliphatic heterocycles. The highest BCUT2D eigenvalue weighted by molar-refractivity contribution is 5.76. The van der Waals surface area contributed by atoms with Crippen LogP contribution in [0.2, 0.25) is 0 Å². The lowest BCUT2D eigenvalue weighted by Crippen LogP contribution is -2.23. The molecular weight excluding hydrogens is 404 g/mol. The number of nitro groups is 1. The van der Waals surface area contributed by atoms with Gasteiger partial charge >= 0.3 is 5.76 Å². The van der Waals surface area contributed by atoms with Crippen LogP contribution in [0.4, 0.5) is 5.69 Å². The van der Waals surface area contributed by atoms with Gasteiger partial charge in [-0.3, -0.25) is 19.5 Å². The van der Waals surface area contributed by atoms with Gasteiger partial charge in [0.05, 0.1) is 16.5 Å². The molecule has 0 aliphatic rings. The average Bonchev–Trinajstić information content (AvgIpc) is 3.40. The number of aromatic nitrogens is 4. The molecule has 1 amide bonds. The second kappa shape index (κ2) is 8.61. The Labute approximate surface area is 175 Å². The number of carbonyl (C=O) groups excluding carboxylic acids is 1. The number of non-ortho nitro benzene ring substituents is 1. The van der Waals surface area contributed by atoms with Crippen LogP contribution in [0.5, 0.6) is 0 Å². The van der Waals surface area contributed by atoms with Crippen LogP contribution in [0, 0.1) is 10.1 Å². The van der Waals surface area contributed by atoms with Crippen LogP contribution in [0.25, 0.3) is 16.9 Å². The highest BCUT2D eigenvalue weighted by atomic mass is 16.6. The first kappa shape index (κ1) is 20.0. The first-order chi connectivity index (χ1) is 15.0. The Morgan fingerprint density at radius 1 is 1.23 bits per heavy atom. The Kier molecular flexibility index (Phi) is 5.56. The van der Waals surface area contributed by atoms with Gasteiger partial charge in [0.15, 0.2) is 11.4 Å². The van der Waals surface area contributed by atoms with Crippen LogP contribution in [0.1, 0.15) is 18.4 Å². The van der Waals surface area contributed by atoms with Gasteiger partial charge in [0.25, 0.3) is 5.69 Å². The molecule has 0 radical (unpaired) electrons. The van der Waals surface area contributed by atoms with Crippen molar-refractivity contribution in [1.29, 1.82) is 0 Å². The quantitative estimate of drug-likeness (QED) is 0.339. The smallest absolute Gasteiger partial charge is 0.407 e. The molecule has 3 heterocycles. The van der Waals surface area contributed by atoms with Gasteiger partial charge in [-0.1, -0.05) is 0 Å². The minimum Gasteiger partial charge on any atom is -0.407 e. The number of nitrogens with zero attached hydrogens (tertiary/aromatic N) is 5. The van der Waals surface area contributed by atoms with Crippen molar-refractivity contribution in [3.63, 3.8) is 0 Å². The summed E-state index contributed by atoms with van der Waals surface area (Å²) in [7, 11) is 0. The first-order valence-electron chi connectivity index (χ1n) is 9.51. The largest absolute Gasteiger partial charge is 0.419 e. The standard InChI is InChI=1S/C20H18N6O5/c27-19(22-13-14-6-8-21-18(11-14)25-10-2-7-23-25)3-1-9-24-16-5-4-15(26(29)30)12-17(16)31-20(24)28/h2,4-8,10-12H,1,3,9,13H2,(H,22,27). The predicted molar refractivity (Wildman–Crippen MR) is 110 cm³/mol. The number of rotatable bonds is 8. The Morgan fingerprint density at radius 3 is 2.87 bits per heavy atom. The molecular formula is C20H18N6O5. The maximum absolute atomic E-state index is 12.2. The van der Waals surface area contributed by atoms with Gasteiger partial charge in [-0.25, -0.2) is 14.5 Å². The summed E-state index contributed by atoms with van der Waals surface area (Å²) in [4.78, 5) is 38.8. The van der Waals surface area contributed by atoms with E-state index in [9.17, 15) is 19.7 Å². The fourth-order valence-electron chi connectivity index (χ4n) is 3.17. The maximum atomic E-state index is 12.2. The van der Waals surface area contributed by atoms with E-state index in [2.05, 4.69) is 15.4 Å². The Hall–Kier alpha value is -4.28. The van der Waals surface area contributed by atoms with Crippen LogP contribution < -0.4 is 11.1 Å². The molecule has 3 aromatic heterocycles. The summed E-state index contributed by atoms with van der Waals surface area (Å²) < 4.78 is 8.08. The van der Waals surface area contributed by atoms with E-state index in [0.717, 1.165) is 5.56 Å². The monoisotopic (exact) mass is 422 g/mol. The van der Waals surface area contributed by atoms with Crippen molar-refractivity contribution in [3.8, 4) is 5.82 Å². The highest BCUT2D eigenvalue weighted by Gasteiger charge is 2.14. The number of oxazole rings is 1. The summed E-state index contributed by atoms with van der Waals surface area (Å²) in [5.41, 5.74) is 1.33. The van der Waals surface area contributed by atoms with Gasteiger partial charge in [0.2, 0.25) is 5.91 Å². The molecule has 0 fully saturated rings. The van der Waals surface area contributed by atoms with Crippen LogP contribution in [-0.2, 0) is 17.9 Å². The minimum absolute atomic E-state index is 0.148. The molecule has 4 rings (SSSR count). The molecule has 11 heteroatoms. The molecule has 1 aromatic carbocycles. The van der Waals surface area contributed by atoms with Crippen molar-refractivity contribution >= 4 is 22.7 Å². The van der Waals surface area contributed by atoms with Gasteiger partial charge in [-0.2, -0.15) is 5.10 Å². The molecule has 4 aromatic rings. The summed E-state index contributed by atoms with van der Waals surface area (Å²) >= 11 is 0. The van der Waals surface area contributed by atoms with Crippen molar-refractivity contribution < 1.29 is 14.1 Å². The summed E-state index contributed by atoms with van der Waals surface area (Å²) in [6.07, 6.45) is 5.71. The Balaban J connectivity index is 1.32. The number of carbonyl (C=O) groups is 1. The molecule has 0 saturated heterocycles. The zero-order chi connectivity index (χ0) is 21.8. The molecule has 0 aliphatic carbocycles. The van der Waals surface area contributed by atoms with Crippen LogP contribution in [0.15, 0.2) is 64.2 Å². The fourth-order valence-corrected chi connectivity index (χ4v) is 3.17. The van der Waals surface area contributed by atoms with Crippen molar-refractivity contribution in [2.45, 2.75) is 25.9 Å². The number of aryl methyl sites for hydroxylation is 1. The van der Waals surface area contributed by atoms with E-state index in [4.69, 9.17) is 4.42 Å². The third-order valence-electron chi connectivity index (χ3n) is 4.69. The van der Waals surface area contributed by atoms with Crippen molar-refractivity contribution in [3.05, 3.63) is 81.2 Å². The SMILES string of the molecule is O=C(CCCn1c(=O)oc2cc([N+](=O)[O-])ccc21)NCc1ccnc(-n2cccn2)c1. The Bertz CT molecular complexity index is 1290. The highest BCUT2D eigenvalue weighted by Crippen LogP contribution is 2.20. The third kappa shape index (κ3) is 4.50. The molecule has 0 bridgehead atoms. The summed E-state index contributed by atoms with van der Waals surface area (Å²) in [5.74, 6) is -0.115. The molecule has 0 unspecified atom stereocenters. The summed E-state index contributed by atoms with van der Waals surface area (Å²) in [6.45, 7) is 0.601. The van der Waals surface area contributed by atoms with Gasteiger partial charge in [0, 0.05) is 44.2 Å². The molecule has 0 spiro atoms. The number of hydrogen-bond donors (Lipinski definition) is 1. The van der Waals surface area contributed by atoms with Crippen LogP contribution in [0.3, 0.4) is 0 Å². The summed E-state index contributed by atoms with van der Waals surface area (Å²) in [6, 6.07) is 9.44. The molecule has 31 heavy (non-hydrogen) atoms. The number of hydrogen-bond acceptors (Lipinski definition) is 7. The van der Waals surface area contributed by atoms with E-state index < -0.39 is 10.7 Å². The van der Waals surface area contributed by atoms with Gasteiger partial charge in [-0.15, -0.1) is 0 Å². The third-order valence-corrected chi connectivity index (χ3v) is 4.69. The molecule has 158 valence electrons. The second-order valence-corrected chi connectivity index (χ2v) is 6.78. The van der Waals surface area contributed by atoms with E-state index >= 15 is 0 Å². The van der Waals surface area contributed by atoms with Crippen LogP contribution in [-0.4, -0.2) is 30.2 Å². The van der Waals surface area contributed by atoms with Crippen molar-refractivity contribution in [2.75, 3.05) is 0 Å². The second-order valence-electron chi connectivity index (χ2n) is 6.78. The summed E-state index contributed by atoms with van der Waals surface area (Å²) in [5, 5.41) is 17.8. The van der Waals surface area contributed by atoms with E-state index in [1.165, 1.54) is 22.8 Å². The maximum Gasteiger partial charge on any atom is 0.419 e. The minimum atomic E-state index is -0.612. The van der Waals surface area contributed by atoms with Crippen molar-refractivity contribution in [2.24, 2.45) is 0 Å². The molecule has 11 nitrogen and oxygen atoms in total. The number of benzene rings is 1. The normalized spacial score (nSPS) is 11.0. The predicted octanol–water partition coefficient (Wildman–Crippen LogP) is 2.18. The zero-order valence-corrected chi connectivity index (χ0v) is 16.3. The number of fused-ring (bicyclic) bond motifs is 1. The molecule has 0 atom stereocenters. The topological polar surface area (TPSA) is 138 Å². The lowest BCUT2D eigenvalue weighted by atomic mass is 10.2.